The van der Waals surface area contributed by atoms with E-state index in [0.29, 0.717) is 21.8 Å². The van der Waals surface area contributed by atoms with Gasteiger partial charge in [0, 0.05) is 11.2 Å². The van der Waals surface area contributed by atoms with E-state index < -0.39 is 18.0 Å². The molecule has 2 aromatic carbocycles. The van der Waals surface area contributed by atoms with E-state index in [0.717, 1.165) is 10.3 Å². The maximum absolute atomic E-state index is 13.3. The second-order valence-electron chi connectivity index (χ2n) is 6.25. The molecule has 1 aliphatic heterocycles. The fourth-order valence-electron chi connectivity index (χ4n) is 2.77. The number of ether oxygens (including phenoxy) is 3. The maximum atomic E-state index is 13.3. The number of nitrogens with one attached hydrogen (secondary N) is 1. The molecule has 0 saturated carbocycles. The van der Waals surface area contributed by atoms with Crippen LogP contribution in [0.1, 0.15) is 22.2 Å². The van der Waals surface area contributed by atoms with Crippen molar-refractivity contribution < 1.29 is 28.2 Å². The highest BCUT2D eigenvalue weighted by Gasteiger charge is 2.21. The molecule has 0 bridgehead atoms. The maximum Gasteiger partial charge on any atom is 0.349 e. The van der Waals surface area contributed by atoms with Crippen molar-refractivity contribution in [2.24, 2.45) is 0 Å². The van der Waals surface area contributed by atoms with Gasteiger partial charge in [0.25, 0.3) is 5.91 Å². The fraction of sp³-hybridized carbons (Fsp3) is 0.200. The number of carbonyl (C=O) groups is 2. The molecule has 0 fully saturated rings. The van der Waals surface area contributed by atoms with Crippen molar-refractivity contribution in [1.82, 2.24) is 5.32 Å². The third-order valence-corrected chi connectivity index (χ3v) is 5.33. The lowest BCUT2D eigenvalue weighted by Gasteiger charge is -2.13. The zero-order valence-corrected chi connectivity index (χ0v) is 15.7. The molecule has 1 N–H and O–H groups in total. The number of halogens is 1. The number of fused-ring (bicyclic) bond motifs is 2. The molecule has 144 valence electrons. The van der Waals surface area contributed by atoms with E-state index in [-0.39, 0.29) is 19.2 Å². The number of carbonyl (C=O) groups excluding carboxylic acids is 2. The summed E-state index contributed by atoms with van der Waals surface area (Å²) in [5, 5.41) is 3.34. The first-order chi connectivity index (χ1) is 13.5. The summed E-state index contributed by atoms with van der Waals surface area (Å²) in [4.78, 5) is 24.9. The van der Waals surface area contributed by atoms with Crippen molar-refractivity contribution in [2.75, 3.05) is 6.79 Å². The highest BCUT2D eigenvalue weighted by atomic mass is 32.1. The second kappa shape index (κ2) is 7.47. The van der Waals surface area contributed by atoms with Crippen LogP contribution in [0.5, 0.6) is 11.5 Å². The van der Waals surface area contributed by atoms with Crippen LogP contribution in [-0.4, -0.2) is 24.8 Å². The van der Waals surface area contributed by atoms with Gasteiger partial charge in [-0.15, -0.1) is 11.3 Å². The smallest absolute Gasteiger partial charge is 0.349 e. The van der Waals surface area contributed by atoms with E-state index in [4.69, 9.17) is 14.2 Å². The Morgan fingerprint density at radius 2 is 2.00 bits per heavy atom. The van der Waals surface area contributed by atoms with Crippen molar-refractivity contribution in [3.63, 3.8) is 0 Å². The minimum atomic E-state index is -0.969. The molecule has 6 nitrogen and oxygen atoms in total. The molecule has 4 rings (SSSR count). The van der Waals surface area contributed by atoms with Crippen molar-refractivity contribution in [1.29, 1.82) is 0 Å². The summed E-state index contributed by atoms with van der Waals surface area (Å²) < 4.78 is 29.8. The van der Waals surface area contributed by atoms with E-state index >= 15 is 0 Å². The van der Waals surface area contributed by atoms with Gasteiger partial charge in [0.05, 0.1) is 0 Å². The fourth-order valence-corrected chi connectivity index (χ4v) is 3.70. The molecule has 0 radical (unpaired) electrons. The lowest BCUT2D eigenvalue weighted by atomic mass is 10.2. The van der Waals surface area contributed by atoms with Crippen molar-refractivity contribution >= 4 is 33.3 Å². The van der Waals surface area contributed by atoms with E-state index in [9.17, 15) is 14.0 Å². The molecule has 1 aliphatic rings. The first-order valence-electron chi connectivity index (χ1n) is 8.56. The zero-order chi connectivity index (χ0) is 19.7. The molecular weight excluding hydrogens is 385 g/mol. The Bertz CT molecular complexity index is 1060. The van der Waals surface area contributed by atoms with Crippen molar-refractivity contribution in [3.8, 4) is 11.5 Å². The summed E-state index contributed by atoms with van der Waals surface area (Å²) in [6.07, 6.45) is -0.969. The third-order valence-electron chi connectivity index (χ3n) is 4.24. The van der Waals surface area contributed by atoms with Gasteiger partial charge in [-0.1, -0.05) is 6.07 Å². The summed E-state index contributed by atoms with van der Waals surface area (Å²) >= 11 is 1.19. The summed E-state index contributed by atoms with van der Waals surface area (Å²) in [5.41, 5.74) is 0.836. The summed E-state index contributed by atoms with van der Waals surface area (Å²) in [7, 11) is 0. The van der Waals surface area contributed by atoms with Gasteiger partial charge in [0.1, 0.15) is 10.7 Å². The van der Waals surface area contributed by atoms with Crippen molar-refractivity contribution in [3.05, 3.63) is 58.7 Å². The molecule has 1 amide bonds. The van der Waals surface area contributed by atoms with Crippen LogP contribution < -0.4 is 14.8 Å². The van der Waals surface area contributed by atoms with Crippen LogP contribution >= 0.6 is 11.3 Å². The Morgan fingerprint density at radius 1 is 1.18 bits per heavy atom. The number of hydrogen-bond acceptors (Lipinski definition) is 6. The molecule has 2 heterocycles. The molecule has 1 atom stereocenters. The van der Waals surface area contributed by atoms with Gasteiger partial charge in [-0.2, -0.15) is 0 Å². The minimum Gasteiger partial charge on any atom is -0.454 e. The number of thiophene rings is 1. The molecule has 0 spiro atoms. The summed E-state index contributed by atoms with van der Waals surface area (Å²) in [5.74, 6) is -0.111. The van der Waals surface area contributed by atoms with Crippen LogP contribution in [0, 0.1) is 5.82 Å². The van der Waals surface area contributed by atoms with Crippen LogP contribution in [0.15, 0.2) is 42.5 Å². The van der Waals surface area contributed by atoms with E-state index in [1.54, 1.807) is 24.3 Å². The molecule has 1 unspecified atom stereocenters. The van der Waals surface area contributed by atoms with Crippen LogP contribution in [0.25, 0.3) is 10.1 Å². The van der Waals surface area contributed by atoms with Crippen LogP contribution in [0.2, 0.25) is 0 Å². The second-order valence-corrected chi connectivity index (χ2v) is 7.33. The predicted molar refractivity (Wildman–Crippen MR) is 101 cm³/mol. The topological polar surface area (TPSA) is 73.9 Å². The standard InChI is InChI=1S/C20H16FNO5S/c1-11(19(23)22-9-12-2-4-15-16(6-12)26-10-25-15)27-20(24)18-8-13-7-14(21)3-5-17(13)28-18/h2-8,11H,9-10H2,1H3,(H,22,23). The predicted octanol–water partition coefficient (Wildman–Crippen LogP) is 3.63. The Labute approximate surface area is 163 Å². The molecule has 0 saturated heterocycles. The lowest BCUT2D eigenvalue weighted by molar-refractivity contribution is -0.129. The van der Waals surface area contributed by atoms with E-state index in [1.165, 1.54) is 30.4 Å². The monoisotopic (exact) mass is 401 g/mol. The minimum absolute atomic E-state index is 0.183. The first kappa shape index (κ1) is 18.2. The van der Waals surface area contributed by atoms with Gasteiger partial charge in [-0.25, -0.2) is 9.18 Å². The normalized spacial score (nSPS) is 13.4. The van der Waals surface area contributed by atoms with Crippen LogP contribution in [-0.2, 0) is 16.1 Å². The van der Waals surface area contributed by atoms with Gasteiger partial charge in [-0.3, -0.25) is 4.79 Å². The van der Waals surface area contributed by atoms with E-state index in [2.05, 4.69) is 5.32 Å². The summed E-state index contributed by atoms with van der Waals surface area (Å²) in [6, 6.07) is 11.2. The Kier molecular flexibility index (Phi) is 4.87. The number of rotatable bonds is 5. The van der Waals surface area contributed by atoms with Crippen LogP contribution in [0.3, 0.4) is 0 Å². The van der Waals surface area contributed by atoms with Gasteiger partial charge in [0.15, 0.2) is 17.6 Å². The number of amides is 1. The quantitative estimate of drug-likeness (QED) is 0.661. The zero-order valence-electron chi connectivity index (χ0n) is 14.9. The Morgan fingerprint density at radius 3 is 2.86 bits per heavy atom. The average molecular weight is 401 g/mol. The number of hydrogen-bond donors (Lipinski definition) is 1. The molecule has 8 heteroatoms. The largest absolute Gasteiger partial charge is 0.454 e. The number of esters is 1. The highest BCUT2D eigenvalue weighted by molar-refractivity contribution is 7.20. The molecule has 1 aromatic heterocycles. The average Bonchev–Trinajstić information content (AvgIpc) is 3.31. The van der Waals surface area contributed by atoms with Gasteiger partial charge >= 0.3 is 5.97 Å². The molecule has 0 aliphatic carbocycles. The van der Waals surface area contributed by atoms with Gasteiger partial charge in [0.2, 0.25) is 6.79 Å². The van der Waals surface area contributed by atoms with E-state index in [1.807, 2.05) is 6.07 Å². The number of benzene rings is 2. The first-order valence-corrected chi connectivity index (χ1v) is 9.37. The van der Waals surface area contributed by atoms with Gasteiger partial charge < -0.3 is 19.5 Å². The van der Waals surface area contributed by atoms with Crippen molar-refractivity contribution in [2.45, 2.75) is 19.6 Å². The summed E-state index contributed by atoms with van der Waals surface area (Å²) in [6.45, 7) is 1.95. The SMILES string of the molecule is CC(OC(=O)c1cc2cc(F)ccc2s1)C(=O)NCc1ccc2c(c1)OCO2. The third kappa shape index (κ3) is 3.77. The molecular formula is C20H16FNO5S. The Hall–Kier alpha value is -3.13. The van der Waals surface area contributed by atoms with Crippen LogP contribution in [0.4, 0.5) is 4.39 Å². The molecule has 3 aromatic rings. The van der Waals surface area contributed by atoms with Gasteiger partial charge in [-0.05, 0) is 54.3 Å². The lowest BCUT2D eigenvalue weighted by Crippen LogP contribution is -2.35. The molecule has 28 heavy (non-hydrogen) atoms. The highest BCUT2D eigenvalue weighted by Crippen LogP contribution is 2.32. The Balaban J connectivity index is 1.34.